The number of methoxy groups -OCH3 is 1. The first-order valence-electron chi connectivity index (χ1n) is 7.22. The van der Waals surface area contributed by atoms with E-state index in [0.29, 0.717) is 16.3 Å². The van der Waals surface area contributed by atoms with Gasteiger partial charge in [-0.05, 0) is 50.6 Å². The van der Waals surface area contributed by atoms with Gasteiger partial charge in [-0.3, -0.25) is 4.79 Å². The van der Waals surface area contributed by atoms with Crippen LogP contribution in [0.15, 0.2) is 18.2 Å². The summed E-state index contributed by atoms with van der Waals surface area (Å²) in [5.41, 5.74) is 0.355. The summed E-state index contributed by atoms with van der Waals surface area (Å²) in [6.07, 6.45) is 3.70. The van der Waals surface area contributed by atoms with E-state index in [1.54, 1.807) is 25.3 Å². The fourth-order valence-corrected chi connectivity index (χ4v) is 3.29. The van der Waals surface area contributed by atoms with Gasteiger partial charge in [-0.25, -0.2) is 0 Å². The smallest absolute Gasteiger partial charge is 0.172 e. The van der Waals surface area contributed by atoms with E-state index in [1.807, 2.05) is 0 Å². The fraction of sp³-hybridized carbons (Fsp3) is 0.562. The van der Waals surface area contributed by atoms with Crippen molar-refractivity contribution in [1.29, 1.82) is 0 Å². The molecular formula is C16H22ClNO2. The molecule has 1 N–H and O–H groups in total. The van der Waals surface area contributed by atoms with E-state index in [9.17, 15) is 4.79 Å². The third-order valence-corrected chi connectivity index (χ3v) is 4.41. The van der Waals surface area contributed by atoms with Crippen LogP contribution in [-0.4, -0.2) is 26.0 Å². The molecule has 0 saturated carbocycles. The van der Waals surface area contributed by atoms with Gasteiger partial charge in [0, 0.05) is 10.4 Å². The summed E-state index contributed by atoms with van der Waals surface area (Å²) in [6, 6.07) is 5.27. The Morgan fingerprint density at radius 2 is 2.10 bits per heavy atom. The number of ether oxygens (including phenoxy) is 1. The predicted molar refractivity (Wildman–Crippen MR) is 81.8 cm³/mol. The maximum absolute atomic E-state index is 13.1. The number of halogens is 1. The van der Waals surface area contributed by atoms with Crippen LogP contribution in [-0.2, 0) is 0 Å². The molecule has 1 saturated heterocycles. The van der Waals surface area contributed by atoms with Crippen LogP contribution in [0.5, 0.6) is 5.75 Å². The second-order valence-electron chi connectivity index (χ2n) is 5.45. The van der Waals surface area contributed by atoms with Crippen LogP contribution in [0.1, 0.15) is 43.0 Å². The molecule has 0 spiro atoms. The number of nitrogens with one attached hydrogen (secondary N) is 1. The molecule has 1 fully saturated rings. The molecule has 0 amide bonds. The highest BCUT2D eigenvalue weighted by atomic mass is 35.5. The molecule has 20 heavy (non-hydrogen) atoms. The molecule has 1 aromatic carbocycles. The summed E-state index contributed by atoms with van der Waals surface area (Å²) in [5.74, 6) is 0.800. The van der Waals surface area contributed by atoms with E-state index in [0.717, 1.165) is 38.8 Å². The first kappa shape index (κ1) is 15.3. The Balaban J connectivity index is 2.39. The van der Waals surface area contributed by atoms with Gasteiger partial charge < -0.3 is 10.1 Å². The number of hydrogen-bond acceptors (Lipinski definition) is 3. The van der Waals surface area contributed by atoms with Crippen LogP contribution >= 0.6 is 11.6 Å². The number of carbonyl (C=O) groups is 1. The lowest BCUT2D eigenvalue weighted by atomic mass is 9.70. The van der Waals surface area contributed by atoms with Gasteiger partial charge in [0.2, 0.25) is 0 Å². The van der Waals surface area contributed by atoms with Gasteiger partial charge >= 0.3 is 0 Å². The van der Waals surface area contributed by atoms with E-state index >= 15 is 0 Å². The van der Waals surface area contributed by atoms with E-state index in [4.69, 9.17) is 16.3 Å². The molecule has 2 rings (SSSR count). The molecule has 0 aliphatic carbocycles. The lowest BCUT2D eigenvalue weighted by molar-refractivity contribution is 0.0701. The van der Waals surface area contributed by atoms with Crippen molar-refractivity contribution >= 4 is 17.4 Å². The highest BCUT2D eigenvalue weighted by molar-refractivity contribution is 6.31. The number of ketones is 1. The molecule has 1 heterocycles. The molecule has 1 aliphatic rings. The molecule has 0 aromatic heterocycles. The Morgan fingerprint density at radius 1 is 1.40 bits per heavy atom. The zero-order chi connectivity index (χ0) is 14.6. The lowest BCUT2D eigenvalue weighted by Crippen LogP contribution is -2.42. The zero-order valence-corrected chi connectivity index (χ0v) is 12.9. The number of carbonyl (C=O) groups excluding carboxylic acids is 1. The van der Waals surface area contributed by atoms with Gasteiger partial charge in [-0.1, -0.05) is 24.9 Å². The Labute approximate surface area is 125 Å². The Bertz CT molecular complexity index is 476. The van der Waals surface area contributed by atoms with Gasteiger partial charge in [-0.2, -0.15) is 0 Å². The molecule has 0 unspecified atom stereocenters. The van der Waals surface area contributed by atoms with Crippen molar-refractivity contribution in [2.75, 3.05) is 20.2 Å². The van der Waals surface area contributed by atoms with Crippen molar-refractivity contribution in [1.82, 2.24) is 5.32 Å². The molecular weight excluding hydrogens is 274 g/mol. The van der Waals surface area contributed by atoms with Crippen molar-refractivity contribution < 1.29 is 9.53 Å². The van der Waals surface area contributed by atoms with Crippen LogP contribution in [0, 0.1) is 5.41 Å². The minimum Gasteiger partial charge on any atom is -0.496 e. The van der Waals surface area contributed by atoms with E-state index in [1.165, 1.54) is 0 Å². The second-order valence-corrected chi connectivity index (χ2v) is 5.89. The molecule has 0 radical (unpaired) electrons. The monoisotopic (exact) mass is 295 g/mol. The number of hydrogen-bond donors (Lipinski definition) is 1. The van der Waals surface area contributed by atoms with Gasteiger partial charge in [-0.15, -0.1) is 0 Å². The molecule has 0 atom stereocenters. The predicted octanol–water partition coefficient (Wildman–Crippen LogP) is 3.70. The minimum absolute atomic E-state index is 0.181. The second kappa shape index (κ2) is 6.59. The van der Waals surface area contributed by atoms with Crippen LogP contribution in [0.25, 0.3) is 0 Å². The highest BCUT2D eigenvalue weighted by Crippen LogP contribution is 2.40. The number of piperidine rings is 1. The van der Waals surface area contributed by atoms with Crippen molar-refractivity contribution in [3.8, 4) is 5.75 Å². The van der Waals surface area contributed by atoms with Crippen LogP contribution in [0.2, 0.25) is 5.02 Å². The number of Topliss-reactive ketones (excluding diaryl/α,β-unsaturated/α-hetero) is 1. The van der Waals surface area contributed by atoms with Gasteiger partial charge in [0.05, 0.1) is 12.7 Å². The van der Waals surface area contributed by atoms with E-state index < -0.39 is 0 Å². The largest absolute Gasteiger partial charge is 0.496 e. The third-order valence-electron chi connectivity index (χ3n) is 4.18. The summed E-state index contributed by atoms with van der Waals surface area (Å²) in [4.78, 5) is 13.1. The fourth-order valence-electron chi connectivity index (χ4n) is 3.12. The number of rotatable bonds is 5. The van der Waals surface area contributed by atoms with Crippen molar-refractivity contribution in [2.45, 2.75) is 32.6 Å². The van der Waals surface area contributed by atoms with Crippen LogP contribution in [0.4, 0.5) is 0 Å². The van der Waals surface area contributed by atoms with Crippen LogP contribution in [0.3, 0.4) is 0 Å². The third kappa shape index (κ3) is 2.99. The standard InChI is InChI=1S/C16H22ClNO2/c1-3-6-16(7-9-18-10-8-16)15(19)13-11-12(17)4-5-14(13)20-2/h4-5,11,18H,3,6-10H2,1-2H3. The molecule has 1 aromatic rings. The van der Waals surface area contributed by atoms with Gasteiger partial charge in [0.25, 0.3) is 0 Å². The summed E-state index contributed by atoms with van der Waals surface area (Å²) in [5, 5.41) is 3.91. The SMILES string of the molecule is CCCC1(C(=O)c2cc(Cl)ccc2OC)CCNCC1. The average molecular weight is 296 g/mol. The lowest BCUT2D eigenvalue weighted by Gasteiger charge is -2.36. The summed E-state index contributed by atoms with van der Waals surface area (Å²) < 4.78 is 5.34. The first-order valence-corrected chi connectivity index (χ1v) is 7.60. The quantitative estimate of drug-likeness (QED) is 0.842. The summed E-state index contributed by atoms with van der Waals surface area (Å²) in [6.45, 7) is 3.93. The first-order chi connectivity index (χ1) is 9.63. The Hall–Kier alpha value is -1.06. The molecule has 1 aliphatic heterocycles. The normalized spacial score (nSPS) is 17.8. The number of benzene rings is 1. The Kier molecular flexibility index (Phi) is 5.06. The maximum Gasteiger partial charge on any atom is 0.172 e. The minimum atomic E-state index is -0.266. The topological polar surface area (TPSA) is 38.3 Å². The van der Waals surface area contributed by atoms with Crippen molar-refractivity contribution in [2.24, 2.45) is 5.41 Å². The molecule has 110 valence electrons. The van der Waals surface area contributed by atoms with Crippen molar-refractivity contribution in [3.05, 3.63) is 28.8 Å². The van der Waals surface area contributed by atoms with Gasteiger partial charge in [0.15, 0.2) is 5.78 Å². The maximum atomic E-state index is 13.1. The zero-order valence-electron chi connectivity index (χ0n) is 12.2. The van der Waals surface area contributed by atoms with E-state index in [2.05, 4.69) is 12.2 Å². The van der Waals surface area contributed by atoms with Gasteiger partial charge in [0.1, 0.15) is 5.75 Å². The molecule has 4 heteroatoms. The Morgan fingerprint density at radius 3 is 2.70 bits per heavy atom. The van der Waals surface area contributed by atoms with E-state index in [-0.39, 0.29) is 11.2 Å². The van der Waals surface area contributed by atoms with Crippen molar-refractivity contribution in [3.63, 3.8) is 0 Å². The molecule has 3 nitrogen and oxygen atoms in total. The summed E-state index contributed by atoms with van der Waals surface area (Å²) >= 11 is 6.06. The summed E-state index contributed by atoms with van der Waals surface area (Å²) in [7, 11) is 1.59. The van der Waals surface area contributed by atoms with Crippen LogP contribution < -0.4 is 10.1 Å². The average Bonchev–Trinajstić information content (AvgIpc) is 2.47. The highest BCUT2D eigenvalue weighted by Gasteiger charge is 2.40. The molecule has 0 bridgehead atoms.